The lowest BCUT2D eigenvalue weighted by molar-refractivity contribution is 0.221. The van der Waals surface area contributed by atoms with Gasteiger partial charge in [0.15, 0.2) is 5.65 Å². The molecule has 1 aliphatic rings. The van der Waals surface area contributed by atoms with Crippen LogP contribution in [-0.4, -0.2) is 38.6 Å². The number of pyridine rings is 1. The van der Waals surface area contributed by atoms with E-state index in [1.54, 1.807) is 23.6 Å². The predicted octanol–water partition coefficient (Wildman–Crippen LogP) is 4.96. The standard InChI is InChI=1S/C21H17ClFN5O2/c22-16-10-14(3-4-17(16)23)25-21(29)27-8-5-15(11-27)28-19(13-6-9-30-12-13)26-18-2-1-7-24-20(18)28/h1-4,6-7,9-10,12,15H,5,8,11H2,(H,25,29)/t15-/m1/s1. The highest BCUT2D eigenvalue weighted by atomic mass is 35.5. The molecule has 4 heterocycles. The Morgan fingerprint density at radius 3 is 3.00 bits per heavy atom. The quantitative estimate of drug-likeness (QED) is 0.503. The number of amides is 2. The number of aromatic nitrogens is 3. The topological polar surface area (TPSA) is 76.2 Å². The highest BCUT2D eigenvalue weighted by Crippen LogP contribution is 2.32. The van der Waals surface area contributed by atoms with Crippen LogP contribution in [0.4, 0.5) is 14.9 Å². The average molecular weight is 426 g/mol. The molecule has 7 nitrogen and oxygen atoms in total. The number of fused-ring (bicyclic) bond motifs is 1. The summed E-state index contributed by atoms with van der Waals surface area (Å²) >= 11 is 5.80. The number of furan rings is 1. The normalized spacial score (nSPS) is 16.3. The molecule has 30 heavy (non-hydrogen) atoms. The SMILES string of the molecule is O=C(Nc1ccc(F)c(Cl)c1)N1CC[C@@H](n2c(-c3ccoc3)nc3cccnc32)C1. The van der Waals surface area contributed by atoms with Gasteiger partial charge >= 0.3 is 6.03 Å². The molecule has 1 aliphatic heterocycles. The van der Waals surface area contributed by atoms with Crippen molar-refractivity contribution in [1.29, 1.82) is 0 Å². The fraction of sp³-hybridized carbons (Fsp3) is 0.190. The minimum absolute atomic E-state index is 0.0114. The van der Waals surface area contributed by atoms with E-state index >= 15 is 0 Å². The molecule has 0 bridgehead atoms. The first kappa shape index (κ1) is 18.6. The maximum Gasteiger partial charge on any atom is 0.321 e. The van der Waals surface area contributed by atoms with Gasteiger partial charge in [-0.25, -0.2) is 19.2 Å². The smallest absolute Gasteiger partial charge is 0.321 e. The predicted molar refractivity (Wildman–Crippen MR) is 111 cm³/mol. The van der Waals surface area contributed by atoms with E-state index in [0.29, 0.717) is 18.8 Å². The number of urea groups is 1. The molecule has 0 saturated carbocycles. The first-order chi connectivity index (χ1) is 14.6. The molecule has 0 radical (unpaired) electrons. The van der Waals surface area contributed by atoms with Gasteiger partial charge in [0.25, 0.3) is 0 Å². The molecule has 5 rings (SSSR count). The molecule has 152 valence electrons. The maximum absolute atomic E-state index is 13.4. The van der Waals surface area contributed by atoms with Crippen LogP contribution in [0.5, 0.6) is 0 Å². The number of hydrogen-bond donors (Lipinski definition) is 1. The Morgan fingerprint density at radius 2 is 2.20 bits per heavy atom. The van der Waals surface area contributed by atoms with Crippen molar-refractivity contribution in [2.75, 3.05) is 18.4 Å². The maximum atomic E-state index is 13.4. The Kier molecular flexibility index (Phi) is 4.63. The summed E-state index contributed by atoms with van der Waals surface area (Å²) < 4.78 is 20.7. The van der Waals surface area contributed by atoms with Crippen molar-refractivity contribution in [3.63, 3.8) is 0 Å². The van der Waals surface area contributed by atoms with E-state index in [4.69, 9.17) is 21.0 Å². The first-order valence-corrected chi connectivity index (χ1v) is 9.84. The van der Waals surface area contributed by atoms with Crippen LogP contribution in [0.15, 0.2) is 59.5 Å². The number of carbonyl (C=O) groups is 1. The third-order valence-corrected chi connectivity index (χ3v) is 5.50. The summed E-state index contributed by atoms with van der Waals surface area (Å²) in [5.41, 5.74) is 2.87. The second kappa shape index (κ2) is 7.46. The highest BCUT2D eigenvalue weighted by molar-refractivity contribution is 6.31. The molecule has 0 unspecified atom stereocenters. The second-order valence-electron chi connectivity index (χ2n) is 7.11. The largest absolute Gasteiger partial charge is 0.472 e. The van der Waals surface area contributed by atoms with Gasteiger partial charge in [-0.1, -0.05) is 11.6 Å². The third kappa shape index (κ3) is 3.29. The number of nitrogens with zero attached hydrogens (tertiary/aromatic N) is 4. The van der Waals surface area contributed by atoms with Crippen LogP contribution in [0.25, 0.3) is 22.6 Å². The van der Waals surface area contributed by atoms with Gasteiger partial charge in [-0.2, -0.15) is 0 Å². The van der Waals surface area contributed by atoms with Gasteiger partial charge in [0.05, 0.1) is 22.9 Å². The number of likely N-dealkylation sites (tertiary alicyclic amines) is 1. The molecular formula is C21H17ClFN5O2. The fourth-order valence-corrected chi connectivity index (χ4v) is 3.96. The van der Waals surface area contributed by atoms with E-state index < -0.39 is 5.82 Å². The van der Waals surface area contributed by atoms with E-state index in [9.17, 15) is 9.18 Å². The van der Waals surface area contributed by atoms with E-state index in [-0.39, 0.29) is 17.1 Å². The van der Waals surface area contributed by atoms with E-state index in [0.717, 1.165) is 29.0 Å². The number of rotatable bonds is 3. The molecule has 1 atom stereocenters. The van der Waals surface area contributed by atoms with Gasteiger partial charge in [-0.15, -0.1) is 0 Å². The monoisotopic (exact) mass is 425 g/mol. The summed E-state index contributed by atoms with van der Waals surface area (Å²) in [6.45, 7) is 1.07. The average Bonchev–Trinajstić information content (AvgIpc) is 3.49. The van der Waals surface area contributed by atoms with Crippen LogP contribution < -0.4 is 5.32 Å². The number of halogens is 2. The van der Waals surface area contributed by atoms with Crippen molar-refractivity contribution >= 4 is 34.5 Å². The van der Waals surface area contributed by atoms with E-state index in [1.165, 1.54) is 18.2 Å². The van der Waals surface area contributed by atoms with Gasteiger partial charge in [-0.05, 0) is 42.8 Å². The van der Waals surface area contributed by atoms with Crippen LogP contribution in [0, 0.1) is 5.82 Å². The summed E-state index contributed by atoms with van der Waals surface area (Å²) in [5, 5.41) is 2.74. The van der Waals surface area contributed by atoms with E-state index in [2.05, 4.69) is 14.9 Å². The fourth-order valence-electron chi connectivity index (χ4n) is 3.78. The van der Waals surface area contributed by atoms with Gasteiger partial charge in [-0.3, -0.25) is 0 Å². The summed E-state index contributed by atoms with van der Waals surface area (Å²) in [4.78, 5) is 23.7. The Bertz CT molecular complexity index is 1220. The second-order valence-corrected chi connectivity index (χ2v) is 7.52. The van der Waals surface area contributed by atoms with Crippen molar-refractivity contribution < 1.29 is 13.6 Å². The molecule has 2 amide bonds. The molecule has 1 aromatic carbocycles. The molecule has 1 N–H and O–H groups in total. The lowest BCUT2D eigenvalue weighted by atomic mass is 10.2. The number of hydrogen-bond acceptors (Lipinski definition) is 4. The minimum Gasteiger partial charge on any atom is -0.472 e. The summed E-state index contributed by atoms with van der Waals surface area (Å²) in [6.07, 6.45) is 5.74. The van der Waals surface area contributed by atoms with Crippen LogP contribution in [0.1, 0.15) is 12.5 Å². The minimum atomic E-state index is -0.526. The number of benzene rings is 1. The van der Waals surface area contributed by atoms with Crippen LogP contribution in [0.2, 0.25) is 5.02 Å². The molecule has 0 aliphatic carbocycles. The molecule has 1 fully saturated rings. The molecule has 4 aromatic rings. The lowest BCUT2D eigenvalue weighted by Gasteiger charge is -2.19. The Balaban J connectivity index is 1.40. The molecular weight excluding hydrogens is 409 g/mol. The van der Waals surface area contributed by atoms with Crippen molar-refractivity contribution in [2.45, 2.75) is 12.5 Å². The number of nitrogens with one attached hydrogen (secondary N) is 1. The Labute approximate surface area is 176 Å². The molecule has 3 aromatic heterocycles. The number of anilines is 1. The zero-order valence-corrected chi connectivity index (χ0v) is 16.5. The zero-order chi connectivity index (χ0) is 20.7. The Morgan fingerprint density at radius 1 is 1.30 bits per heavy atom. The summed E-state index contributed by atoms with van der Waals surface area (Å²) in [5.74, 6) is 0.234. The van der Waals surface area contributed by atoms with E-state index in [1.807, 2.05) is 18.2 Å². The van der Waals surface area contributed by atoms with Gasteiger partial charge < -0.3 is 19.2 Å². The summed E-state index contributed by atoms with van der Waals surface area (Å²) in [6, 6.07) is 9.48. The lowest BCUT2D eigenvalue weighted by Crippen LogP contribution is -2.33. The van der Waals surface area contributed by atoms with Gasteiger partial charge in [0.1, 0.15) is 23.4 Å². The van der Waals surface area contributed by atoms with Gasteiger partial charge in [0.2, 0.25) is 0 Å². The third-order valence-electron chi connectivity index (χ3n) is 5.21. The highest BCUT2D eigenvalue weighted by Gasteiger charge is 2.31. The van der Waals surface area contributed by atoms with Crippen molar-refractivity contribution in [1.82, 2.24) is 19.4 Å². The Hall–Kier alpha value is -3.39. The zero-order valence-electron chi connectivity index (χ0n) is 15.8. The first-order valence-electron chi connectivity index (χ1n) is 9.46. The molecule has 9 heteroatoms. The van der Waals surface area contributed by atoms with Crippen molar-refractivity contribution in [2.24, 2.45) is 0 Å². The van der Waals surface area contributed by atoms with Crippen LogP contribution in [-0.2, 0) is 0 Å². The summed E-state index contributed by atoms with van der Waals surface area (Å²) in [7, 11) is 0. The van der Waals surface area contributed by atoms with Crippen molar-refractivity contribution in [3.8, 4) is 11.4 Å². The van der Waals surface area contributed by atoms with Crippen LogP contribution in [0.3, 0.4) is 0 Å². The number of carbonyl (C=O) groups excluding carboxylic acids is 1. The molecule has 1 saturated heterocycles. The molecule has 0 spiro atoms. The van der Waals surface area contributed by atoms with Crippen LogP contribution >= 0.6 is 11.6 Å². The van der Waals surface area contributed by atoms with Crippen molar-refractivity contribution in [3.05, 3.63) is 66.0 Å². The number of imidazole rings is 1. The van der Waals surface area contributed by atoms with Gasteiger partial charge in [0, 0.05) is 25.0 Å².